The molecule has 1 aromatic rings. The molecule has 3 N–H and O–H groups in total. The van der Waals surface area contributed by atoms with Crippen molar-refractivity contribution in [3.05, 3.63) is 11.6 Å². The molecular formula is C6H9N3O2S3. The molecule has 0 aliphatic rings. The van der Waals surface area contributed by atoms with E-state index in [2.05, 4.69) is 21.9 Å². The van der Waals surface area contributed by atoms with E-state index in [1.54, 1.807) is 5.38 Å². The van der Waals surface area contributed by atoms with E-state index >= 15 is 0 Å². The lowest BCUT2D eigenvalue weighted by Gasteiger charge is -2.10. The van der Waals surface area contributed by atoms with Gasteiger partial charge in [-0.05, 0) is 6.92 Å². The second kappa shape index (κ2) is 4.20. The maximum atomic E-state index is 11.5. The van der Waals surface area contributed by atoms with Crippen LogP contribution in [-0.4, -0.2) is 23.6 Å². The standard InChI is InChI=1S/C6H9N3O2S3/c1-4(5(7)12)14(10,11)9-6-8-2-3-13-6/h2-4H,1H3,(H2,7,12)(H,8,9). The van der Waals surface area contributed by atoms with Crippen LogP contribution in [0, 0.1) is 0 Å². The topological polar surface area (TPSA) is 85.1 Å². The molecule has 0 fully saturated rings. The molecule has 8 heteroatoms. The number of rotatable bonds is 4. The van der Waals surface area contributed by atoms with Crippen LogP contribution >= 0.6 is 23.6 Å². The predicted molar refractivity (Wildman–Crippen MR) is 60.9 cm³/mol. The zero-order chi connectivity index (χ0) is 10.8. The maximum absolute atomic E-state index is 11.5. The molecule has 1 aromatic heterocycles. The fraction of sp³-hybridized carbons (Fsp3) is 0.333. The Morgan fingerprint density at radius 3 is 2.86 bits per heavy atom. The van der Waals surface area contributed by atoms with Crippen LogP contribution in [-0.2, 0) is 10.0 Å². The van der Waals surface area contributed by atoms with Crippen LogP contribution in [0.1, 0.15) is 6.92 Å². The summed E-state index contributed by atoms with van der Waals surface area (Å²) in [4.78, 5) is 3.73. The molecule has 0 saturated carbocycles. The molecule has 1 rings (SSSR count). The number of nitrogens with two attached hydrogens (primary N) is 1. The van der Waals surface area contributed by atoms with Crippen molar-refractivity contribution in [2.75, 3.05) is 4.72 Å². The Hall–Kier alpha value is -0.730. The molecule has 5 nitrogen and oxygen atoms in total. The molecule has 0 radical (unpaired) electrons. The number of thiazole rings is 1. The average Bonchev–Trinajstić information content (AvgIpc) is 2.54. The minimum atomic E-state index is -3.55. The first kappa shape index (κ1) is 11.3. The van der Waals surface area contributed by atoms with E-state index in [4.69, 9.17) is 5.73 Å². The first-order valence-electron chi connectivity index (χ1n) is 3.64. The smallest absolute Gasteiger partial charge is 0.243 e. The summed E-state index contributed by atoms with van der Waals surface area (Å²) in [6.07, 6.45) is 1.51. The van der Waals surface area contributed by atoms with E-state index in [1.165, 1.54) is 24.5 Å². The molecule has 0 aliphatic carbocycles. The fourth-order valence-corrected chi connectivity index (χ4v) is 2.71. The Balaban J connectivity index is 2.83. The van der Waals surface area contributed by atoms with E-state index in [0.717, 1.165) is 0 Å². The van der Waals surface area contributed by atoms with Crippen LogP contribution in [0.3, 0.4) is 0 Å². The Labute approximate surface area is 91.4 Å². The van der Waals surface area contributed by atoms with Crippen molar-refractivity contribution in [1.82, 2.24) is 4.98 Å². The summed E-state index contributed by atoms with van der Waals surface area (Å²) in [6.45, 7) is 1.43. The molecule has 0 saturated heterocycles. The SMILES string of the molecule is CC(C(N)=S)S(=O)(=O)Nc1nccs1. The number of nitrogens with one attached hydrogen (secondary N) is 1. The summed E-state index contributed by atoms with van der Waals surface area (Å²) < 4.78 is 25.3. The summed E-state index contributed by atoms with van der Waals surface area (Å²) in [5.74, 6) is 0. The monoisotopic (exact) mass is 251 g/mol. The van der Waals surface area contributed by atoms with Crippen LogP contribution in [0.25, 0.3) is 0 Å². The number of thiocarbonyl (C=S) groups is 1. The highest BCUT2D eigenvalue weighted by molar-refractivity contribution is 7.95. The maximum Gasteiger partial charge on any atom is 0.243 e. The second-order valence-corrected chi connectivity index (χ2v) is 5.90. The lowest BCUT2D eigenvalue weighted by Crippen LogP contribution is -2.35. The molecule has 0 spiro atoms. The van der Waals surface area contributed by atoms with Gasteiger partial charge in [-0.1, -0.05) is 12.2 Å². The molecule has 1 heterocycles. The first-order chi connectivity index (χ1) is 6.43. The Bertz CT molecular complexity index is 412. The van der Waals surface area contributed by atoms with Gasteiger partial charge in [0.25, 0.3) is 0 Å². The van der Waals surface area contributed by atoms with E-state index < -0.39 is 15.3 Å². The van der Waals surface area contributed by atoms with Crippen LogP contribution in [0.2, 0.25) is 0 Å². The van der Waals surface area contributed by atoms with Gasteiger partial charge in [-0.2, -0.15) is 0 Å². The molecule has 1 unspecified atom stereocenters. The van der Waals surface area contributed by atoms with E-state index in [1.807, 2.05) is 0 Å². The Morgan fingerprint density at radius 1 is 1.79 bits per heavy atom. The van der Waals surface area contributed by atoms with Gasteiger partial charge in [0.1, 0.15) is 5.25 Å². The minimum absolute atomic E-state index is 0.0611. The lowest BCUT2D eigenvalue weighted by molar-refractivity contribution is 0.598. The molecule has 0 amide bonds. The largest absolute Gasteiger partial charge is 0.392 e. The molecule has 14 heavy (non-hydrogen) atoms. The average molecular weight is 251 g/mol. The van der Waals surface area contributed by atoms with Gasteiger partial charge in [0.05, 0.1) is 4.99 Å². The molecular weight excluding hydrogens is 242 g/mol. The van der Waals surface area contributed by atoms with E-state index in [-0.39, 0.29) is 4.99 Å². The van der Waals surface area contributed by atoms with Crippen LogP contribution < -0.4 is 10.5 Å². The van der Waals surface area contributed by atoms with Crippen molar-refractivity contribution in [2.45, 2.75) is 12.2 Å². The molecule has 1 atom stereocenters. The third-order valence-corrected chi connectivity index (χ3v) is 4.51. The van der Waals surface area contributed by atoms with Gasteiger partial charge in [-0.25, -0.2) is 13.4 Å². The predicted octanol–water partition coefficient (Wildman–Crippen LogP) is 0.559. The zero-order valence-electron chi connectivity index (χ0n) is 7.30. The van der Waals surface area contributed by atoms with Gasteiger partial charge in [-0.3, -0.25) is 4.72 Å². The van der Waals surface area contributed by atoms with Crippen molar-refractivity contribution < 1.29 is 8.42 Å². The molecule has 0 aromatic carbocycles. The quantitative estimate of drug-likeness (QED) is 0.764. The van der Waals surface area contributed by atoms with E-state index in [0.29, 0.717) is 5.13 Å². The lowest BCUT2D eigenvalue weighted by atomic mass is 10.5. The van der Waals surface area contributed by atoms with Crippen molar-refractivity contribution in [3.8, 4) is 0 Å². The number of hydrogen-bond donors (Lipinski definition) is 2. The number of nitrogens with zero attached hydrogens (tertiary/aromatic N) is 1. The molecule has 78 valence electrons. The third kappa shape index (κ3) is 2.63. The van der Waals surface area contributed by atoms with Gasteiger partial charge in [-0.15, -0.1) is 11.3 Å². The first-order valence-corrected chi connectivity index (χ1v) is 6.47. The Kier molecular flexibility index (Phi) is 3.40. The second-order valence-electron chi connectivity index (χ2n) is 2.53. The fourth-order valence-electron chi connectivity index (χ4n) is 0.637. The van der Waals surface area contributed by atoms with Crippen molar-refractivity contribution in [1.29, 1.82) is 0 Å². The van der Waals surface area contributed by atoms with Crippen molar-refractivity contribution in [3.63, 3.8) is 0 Å². The summed E-state index contributed by atoms with van der Waals surface area (Å²) in [6, 6.07) is 0. The number of sulfonamides is 1. The summed E-state index contributed by atoms with van der Waals surface area (Å²) >= 11 is 5.80. The highest BCUT2D eigenvalue weighted by Gasteiger charge is 2.23. The van der Waals surface area contributed by atoms with Gasteiger partial charge < -0.3 is 5.73 Å². The summed E-state index contributed by atoms with van der Waals surface area (Å²) in [5.41, 5.74) is 5.25. The van der Waals surface area contributed by atoms with Crippen LogP contribution in [0.4, 0.5) is 5.13 Å². The Morgan fingerprint density at radius 2 is 2.43 bits per heavy atom. The van der Waals surface area contributed by atoms with Gasteiger partial charge in [0, 0.05) is 11.6 Å². The van der Waals surface area contributed by atoms with Gasteiger partial charge in [0.2, 0.25) is 10.0 Å². The van der Waals surface area contributed by atoms with Crippen LogP contribution in [0.15, 0.2) is 11.6 Å². The summed E-state index contributed by atoms with van der Waals surface area (Å²) in [7, 11) is -3.55. The normalized spacial score (nSPS) is 13.5. The third-order valence-electron chi connectivity index (χ3n) is 1.53. The highest BCUT2D eigenvalue weighted by atomic mass is 32.2. The molecule has 0 aliphatic heterocycles. The van der Waals surface area contributed by atoms with E-state index in [9.17, 15) is 8.42 Å². The number of anilines is 1. The van der Waals surface area contributed by atoms with Crippen molar-refractivity contribution >= 4 is 43.7 Å². The van der Waals surface area contributed by atoms with Gasteiger partial charge >= 0.3 is 0 Å². The highest BCUT2D eigenvalue weighted by Crippen LogP contribution is 2.14. The minimum Gasteiger partial charge on any atom is -0.392 e. The van der Waals surface area contributed by atoms with Crippen molar-refractivity contribution in [2.24, 2.45) is 5.73 Å². The number of hydrogen-bond acceptors (Lipinski definition) is 5. The zero-order valence-corrected chi connectivity index (χ0v) is 9.75. The van der Waals surface area contributed by atoms with Crippen LogP contribution in [0.5, 0.6) is 0 Å². The molecule has 0 bridgehead atoms. The summed E-state index contributed by atoms with van der Waals surface area (Å²) in [5, 5.41) is 1.08. The van der Waals surface area contributed by atoms with Gasteiger partial charge in [0.15, 0.2) is 5.13 Å². The number of aromatic nitrogens is 1.